The molecule has 0 aliphatic carbocycles. The summed E-state index contributed by atoms with van der Waals surface area (Å²) in [7, 11) is 0. The van der Waals surface area contributed by atoms with E-state index in [4.69, 9.17) is 14.7 Å². The van der Waals surface area contributed by atoms with Crippen molar-refractivity contribution in [2.45, 2.75) is 38.2 Å². The van der Waals surface area contributed by atoms with Crippen LogP contribution in [0, 0.1) is 11.3 Å². The highest BCUT2D eigenvalue weighted by Gasteiger charge is 2.36. The van der Waals surface area contributed by atoms with Crippen molar-refractivity contribution in [2.24, 2.45) is 0 Å². The van der Waals surface area contributed by atoms with E-state index in [9.17, 15) is 4.79 Å². The number of carbonyl (C=O) groups is 1. The second-order valence-corrected chi connectivity index (χ2v) is 3.39. The van der Waals surface area contributed by atoms with E-state index in [0.29, 0.717) is 19.6 Å². The van der Waals surface area contributed by atoms with Crippen molar-refractivity contribution in [2.75, 3.05) is 13.2 Å². The van der Waals surface area contributed by atoms with Gasteiger partial charge in [0, 0.05) is 6.61 Å². The first-order valence-corrected chi connectivity index (χ1v) is 4.93. The van der Waals surface area contributed by atoms with Crippen LogP contribution in [0.15, 0.2) is 0 Å². The molecule has 1 atom stereocenters. The molecule has 1 rings (SSSR count). The monoisotopic (exact) mass is 197 g/mol. The fourth-order valence-corrected chi connectivity index (χ4v) is 1.56. The Morgan fingerprint density at radius 3 is 2.93 bits per heavy atom. The number of ether oxygens (including phenoxy) is 2. The van der Waals surface area contributed by atoms with Gasteiger partial charge >= 0.3 is 5.97 Å². The Bertz CT molecular complexity index is 238. The topological polar surface area (TPSA) is 59.3 Å². The van der Waals surface area contributed by atoms with Crippen LogP contribution in [-0.4, -0.2) is 24.8 Å². The van der Waals surface area contributed by atoms with Crippen LogP contribution < -0.4 is 0 Å². The number of hydrogen-bond acceptors (Lipinski definition) is 4. The molecule has 14 heavy (non-hydrogen) atoms. The predicted octanol–water partition coefficient (Wildman–Crippen LogP) is 1.40. The summed E-state index contributed by atoms with van der Waals surface area (Å²) >= 11 is 0. The molecule has 1 fully saturated rings. The summed E-state index contributed by atoms with van der Waals surface area (Å²) in [6.07, 6.45) is 2.58. The Labute approximate surface area is 83.8 Å². The number of nitrogens with zero attached hydrogens (tertiary/aromatic N) is 1. The minimum atomic E-state index is -0.926. The summed E-state index contributed by atoms with van der Waals surface area (Å²) in [5, 5.41) is 8.98. The Morgan fingerprint density at radius 1 is 1.64 bits per heavy atom. The van der Waals surface area contributed by atoms with Crippen LogP contribution in [0.2, 0.25) is 0 Å². The van der Waals surface area contributed by atoms with Crippen LogP contribution in [0.25, 0.3) is 0 Å². The lowest BCUT2D eigenvalue weighted by Gasteiger charge is -2.29. The summed E-state index contributed by atoms with van der Waals surface area (Å²) in [6.45, 7) is 2.66. The molecule has 0 aromatic carbocycles. The molecule has 0 N–H and O–H groups in total. The highest BCUT2D eigenvalue weighted by Crippen LogP contribution is 2.27. The molecular weight excluding hydrogens is 182 g/mol. The molecule has 1 unspecified atom stereocenters. The van der Waals surface area contributed by atoms with Crippen LogP contribution in [0.5, 0.6) is 0 Å². The highest BCUT2D eigenvalue weighted by molar-refractivity contribution is 5.71. The molecule has 1 saturated heterocycles. The summed E-state index contributed by atoms with van der Waals surface area (Å²) < 4.78 is 10.2. The molecule has 0 aromatic rings. The van der Waals surface area contributed by atoms with E-state index in [0.717, 1.165) is 12.8 Å². The first-order valence-electron chi connectivity index (χ1n) is 4.93. The number of rotatable bonds is 3. The van der Waals surface area contributed by atoms with Gasteiger partial charge in [0.2, 0.25) is 0 Å². The van der Waals surface area contributed by atoms with Gasteiger partial charge in [-0.1, -0.05) is 0 Å². The average molecular weight is 197 g/mol. The van der Waals surface area contributed by atoms with Gasteiger partial charge in [-0.2, -0.15) is 5.26 Å². The largest absolute Gasteiger partial charge is 0.466 e. The normalized spacial score (nSPS) is 26.6. The first kappa shape index (κ1) is 11.0. The minimum Gasteiger partial charge on any atom is -0.466 e. The van der Waals surface area contributed by atoms with E-state index < -0.39 is 5.60 Å². The van der Waals surface area contributed by atoms with Crippen molar-refractivity contribution in [1.29, 1.82) is 5.26 Å². The predicted molar refractivity (Wildman–Crippen MR) is 49.4 cm³/mol. The van der Waals surface area contributed by atoms with E-state index in [2.05, 4.69) is 6.07 Å². The maximum absolute atomic E-state index is 11.2. The minimum absolute atomic E-state index is 0.0529. The Hall–Kier alpha value is -1.08. The second-order valence-electron chi connectivity index (χ2n) is 3.39. The summed E-state index contributed by atoms with van der Waals surface area (Å²) in [5.74, 6) is -0.351. The molecule has 0 aromatic heterocycles. The summed E-state index contributed by atoms with van der Waals surface area (Å²) in [5.41, 5.74) is -0.926. The molecule has 0 amide bonds. The molecule has 0 radical (unpaired) electrons. The lowest BCUT2D eigenvalue weighted by atomic mass is 9.92. The molecule has 1 aliphatic heterocycles. The fourth-order valence-electron chi connectivity index (χ4n) is 1.56. The first-order chi connectivity index (χ1) is 6.72. The van der Waals surface area contributed by atoms with Gasteiger partial charge < -0.3 is 9.47 Å². The molecule has 4 heteroatoms. The van der Waals surface area contributed by atoms with Crippen molar-refractivity contribution in [3.8, 4) is 6.07 Å². The molecule has 1 heterocycles. The number of nitriles is 1. The third-order valence-electron chi connectivity index (χ3n) is 2.29. The number of esters is 1. The molecule has 4 nitrogen and oxygen atoms in total. The van der Waals surface area contributed by atoms with Gasteiger partial charge in [-0.05, 0) is 26.2 Å². The Kier molecular flexibility index (Phi) is 3.90. The molecule has 78 valence electrons. The molecule has 0 saturated carbocycles. The van der Waals surface area contributed by atoms with Gasteiger partial charge in [0.15, 0.2) is 5.60 Å². The summed E-state index contributed by atoms with van der Waals surface area (Å²) in [6, 6.07) is 2.08. The van der Waals surface area contributed by atoms with E-state index in [1.54, 1.807) is 6.92 Å². The SMILES string of the molecule is CCOC(=O)CC1(C#N)CCCCO1. The van der Waals surface area contributed by atoms with Crippen molar-refractivity contribution >= 4 is 5.97 Å². The van der Waals surface area contributed by atoms with Crippen LogP contribution in [0.1, 0.15) is 32.6 Å². The van der Waals surface area contributed by atoms with Gasteiger partial charge in [0.1, 0.15) is 0 Å². The van der Waals surface area contributed by atoms with E-state index >= 15 is 0 Å². The van der Waals surface area contributed by atoms with Gasteiger partial charge in [-0.15, -0.1) is 0 Å². The van der Waals surface area contributed by atoms with Crippen molar-refractivity contribution < 1.29 is 14.3 Å². The van der Waals surface area contributed by atoms with Gasteiger partial charge in [0.25, 0.3) is 0 Å². The number of hydrogen-bond donors (Lipinski definition) is 0. The Balaban J connectivity index is 2.52. The van der Waals surface area contributed by atoms with Crippen LogP contribution in [0.3, 0.4) is 0 Å². The van der Waals surface area contributed by atoms with Gasteiger partial charge in [-0.25, -0.2) is 0 Å². The van der Waals surface area contributed by atoms with E-state index in [1.165, 1.54) is 0 Å². The third kappa shape index (κ3) is 2.71. The van der Waals surface area contributed by atoms with Crippen molar-refractivity contribution in [3.05, 3.63) is 0 Å². The molecule has 0 bridgehead atoms. The lowest BCUT2D eigenvalue weighted by molar-refractivity contribution is -0.150. The van der Waals surface area contributed by atoms with Gasteiger partial charge in [-0.3, -0.25) is 4.79 Å². The zero-order chi connectivity index (χ0) is 10.4. The number of carbonyl (C=O) groups excluding carboxylic acids is 1. The van der Waals surface area contributed by atoms with Crippen molar-refractivity contribution in [1.82, 2.24) is 0 Å². The molecule has 0 spiro atoms. The fraction of sp³-hybridized carbons (Fsp3) is 0.800. The van der Waals surface area contributed by atoms with E-state index in [-0.39, 0.29) is 12.4 Å². The highest BCUT2D eigenvalue weighted by atomic mass is 16.5. The zero-order valence-electron chi connectivity index (χ0n) is 8.41. The third-order valence-corrected chi connectivity index (χ3v) is 2.29. The van der Waals surface area contributed by atoms with E-state index in [1.807, 2.05) is 0 Å². The van der Waals surface area contributed by atoms with Crippen molar-refractivity contribution in [3.63, 3.8) is 0 Å². The molecular formula is C10H15NO3. The second kappa shape index (κ2) is 4.97. The van der Waals surface area contributed by atoms with Crippen LogP contribution in [-0.2, 0) is 14.3 Å². The quantitative estimate of drug-likeness (QED) is 0.642. The van der Waals surface area contributed by atoms with Gasteiger partial charge in [0.05, 0.1) is 19.1 Å². The molecule has 1 aliphatic rings. The maximum Gasteiger partial charge on any atom is 0.309 e. The standard InChI is InChI=1S/C10H15NO3/c1-2-13-9(12)7-10(8-11)5-3-4-6-14-10/h2-7H2,1H3. The zero-order valence-corrected chi connectivity index (χ0v) is 8.41. The smallest absolute Gasteiger partial charge is 0.309 e. The maximum atomic E-state index is 11.2. The Morgan fingerprint density at radius 2 is 2.43 bits per heavy atom. The van der Waals surface area contributed by atoms with Crippen LogP contribution >= 0.6 is 0 Å². The average Bonchev–Trinajstić information content (AvgIpc) is 2.19. The summed E-state index contributed by atoms with van der Waals surface area (Å²) in [4.78, 5) is 11.2. The van der Waals surface area contributed by atoms with Crippen LogP contribution in [0.4, 0.5) is 0 Å². The lowest BCUT2D eigenvalue weighted by Crippen LogP contribution is -2.37.